The van der Waals surface area contributed by atoms with Crippen molar-refractivity contribution in [2.24, 2.45) is 11.8 Å². The van der Waals surface area contributed by atoms with Gasteiger partial charge >= 0.3 is 5.97 Å². The Kier molecular flexibility index (Phi) is 10.1. The maximum atomic E-state index is 14.3. The van der Waals surface area contributed by atoms with Gasteiger partial charge in [0.1, 0.15) is 18.2 Å². The Labute approximate surface area is 263 Å². The number of hydrogen-bond acceptors (Lipinski definition) is 7. The van der Waals surface area contributed by atoms with Crippen LogP contribution in [0, 0.1) is 11.8 Å². The Morgan fingerprint density at radius 2 is 1.82 bits per heavy atom. The first-order chi connectivity index (χ1) is 21.8. The van der Waals surface area contributed by atoms with Crippen molar-refractivity contribution in [3.63, 3.8) is 0 Å². The van der Waals surface area contributed by atoms with Crippen molar-refractivity contribution in [1.82, 2.24) is 15.1 Å². The van der Waals surface area contributed by atoms with Gasteiger partial charge in [-0.15, -0.1) is 13.2 Å². The van der Waals surface area contributed by atoms with Gasteiger partial charge in [0.05, 0.1) is 30.6 Å². The van der Waals surface area contributed by atoms with Gasteiger partial charge in [0.15, 0.2) is 0 Å². The standard InChI is InChI=1S/C35H41N3O7/c1-3-5-16-28(40)44-23-26(25-14-10-7-11-15-25)36-32(41)29-27-17-18-35(45-27)30(29)33(42)38(20-21-39)31(35)34(43)37(19-4-2)22-24-12-8-6-9-13-24/h3-4,6-15,26-27,29-31,39H,1-2,5,16-23H2,(H,36,41)/t26-,27+,29-,30-,31+,35-/m1/s1. The number of esters is 1. The summed E-state index contributed by atoms with van der Waals surface area (Å²) in [6, 6.07) is 17.1. The fourth-order valence-electron chi connectivity index (χ4n) is 7.09. The van der Waals surface area contributed by atoms with E-state index in [4.69, 9.17) is 9.47 Å². The molecule has 10 nitrogen and oxygen atoms in total. The minimum Gasteiger partial charge on any atom is -0.463 e. The lowest BCUT2D eigenvalue weighted by atomic mass is 9.70. The van der Waals surface area contributed by atoms with Gasteiger partial charge in [0.2, 0.25) is 17.7 Å². The van der Waals surface area contributed by atoms with Crippen LogP contribution in [0.25, 0.3) is 0 Å². The SMILES string of the molecule is C=CCCC(=O)OC[C@@H](NC(=O)[C@@H]1[C@@H]2CC[C@]3(O2)[C@H](C(=O)N(CC=C)Cc2ccccc2)N(CCO)C(=O)[C@@H]13)c1ccccc1. The van der Waals surface area contributed by atoms with E-state index in [1.54, 1.807) is 17.1 Å². The quantitative estimate of drug-likeness (QED) is 0.233. The van der Waals surface area contributed by atoms with Crippen LogP contribution in [0.1, 0.15) is 42.9 Å². The molecule has 2 aromatic carbocycles. The van der Waals surface area contributed by atoms with Crippen LogP contribution in [0.5, 0.6) is 0 Å². The summed E-state index contributed by atoms with van der Waals surface area (Å²) in [5.41, 5.74) is 0.464. The molecule has 10 heteroatoms. The number of hydrogen-bond donors (Lipinski definition) is 2. The number of β-amino-alcohol motifs (C(OH)–C–C–N with tert-alkyl or cyclic N) is 1. The first-order valence-corrected chi connectivity index (χ1v) is 15.5. The van der Waals surface area contributed by atoms with E-state index < -0.39 is 47.5 Å². The van der Waals surface area contributed by atoms with Crippen molar-refractivity contribution in [1.29, 1.82) is 0 Å². The van der Waals surface area contributed by atoms with Crippen LogP contribution in [0.3, 0.4) is 0 Å². The maximum absolute atomic E-state index is 14.3. The van der Waals surface area contributed by atoms with Crippen LogP contribution in [-0.4, -0.2) is 82.6 Å². The number of likely N-dealkylation sites (tertiary alicyclic amines) is 1. The number of fused-ring (bicyclic) bond motifs is 1. The van der Waals surface area contributed by atoms with Crippen molar-refractivity contribution in [3.8, 4) is 0 Å². The summed E-state index contributed by atoms with van der Waals surface area (Å²) in [7, 11) is 0. The molecule has 6 atom stereocenters. The maximum Gasteiger partial charge on any atom is 0.306 e. The third-order valence-electron chi connectivity index (χ3n) is 9.04. The number of aliphatic hydroxyl groups excluding tert-OH is 1. The Balaban J connectivity index is 1.41. The fraction of sp³-hybridized carbons (Fsp3) is 0.429. The number of benzene rings is 2. The molecule has 0 unspecified atom stereocenters. The molecule has 1 spiro atoms. The van der Waals surface area contributed by atoms with Crippen LogP contribution >= 0.6 is 0 Å². The number of nitrogens with zero attached hydrogens (tertiary/aromatic N) is 2. The predicted octanol–water partition coefficient (Wildman–Crippen LogP) is 2.94. The molecule has 238 valence electrons. The Morgan fingerprint density at radius 3 is 2.49 bits per heavy atom. The summed E-state index contributed by atoms with van der Waals surface area (Å²) in [5.74, 6) is -3.24. The number of ether oxygens (including phenoxy) is 2. The van der Waals surface area contributed by atoms with E-state index in [1.807, 2.05) is 60.7 Å². The summed E-state index contributed by atoms with van der Waals surface area (Å²) >= 11 is 0. The second-order valence-electron chi connectivity index (χ2n) is 11.8. The van der Waals surface area contributed by atoms with Crippen molar-refractivity contribution < 1.29 is 33.8 Å². The average Bonchev–Trinajstić information content (AvgIpc) is 3.70. The first kappa shape index (κ1) is 32.1. The molecule has 3 fully saturated rings. The van der Waals surface area contributed by atoms with E-state index >= 15 is 0 Å². The second kappa shape index (κ2) is 14.2. The molecule has 3 amide bonds. The zero-order valence-corrected chi connectivity index (χ0v) is 25.4. The zero-order valence-electron chi connectivity index (χ0n) is 25.4. The van der Waals surface area contributed by atoms with Crippen molar-refractivity contribution in [3.05, 3.63) is 97.1 Å². The lowest BCUT2D eigenvalue weighted by molar-refractivity contribution is -0.149. The van der Waals surface area contributed by atoms with Gasteiger partial charge in [-0.25, -0.2) is 0 Å². The van der Waals surface area contributed by atoms with Gasteiger partial charge < -0.3 is 29.7 Å². The Hall–Kier alpha value is -4.28. The molecule has 3 heterocycles. The van der Waals surface area contributed by atoms with Crippen LogP contribution < -0.4 is 5.32 Å². The number of rotatable bonds is 15. The summed E-state index contributed by atoms with van der Waals surface area (Å²) in [4.78, 5) is 57.8. The van der Waals surface area contributed by atoms with E-state index in [0.717, 1.165) is 11.1 Å². The molecule has 3 aliphatic heterocycles. The van der Waals surface area contributed by atoms with Crippen LogP contribution in [0.2, 0.25) is 0 Å². The number of carbonyl (C=O) groups is 4. The fourth-order valence-corrected chi connectivity index (χ4v) is 7.09. The minimum absolute atomic E-state index is 0.0591. The summed E-state index contributed by atoms with van der Waals surface area (Å²) in [6.07, 6.45) is 4.32. The predicted molar refractivity (Wildman–Crippen MR) is 166 cm³/mol. The van der Waals surface area contributed by atoms with Crippen molar-refractivity contribution in [2.45, 2.75) is 56.0 Å². The number of amides is 3. The van der Waals surface area contributed by atoms with Gasteiger partial charge in [-0.2, -0.15) is 0 Å². The van der Waals surface area contributed by atoms with Crippen molar-refractivity contribution in [2.75, 3.05) is 26.3 Å². The Bertz CT molecular complexity index is 1400. The summed E-state index contributed by atoms with van der Waals surface area (Å²) in [6.45, 7) is 7.54. The molecule has 2 N–H and O–H groups in total. The highest BCUT2D eigenvalue weighted by molar-refractivity contribution is 5.99. The van der Waals surface area contributed by atoms with Gasteiger partial charge in [0.25, 0.3) is 0 Å². The number of aliphatic hydroxyl groups is 1. The third kappa shape index (κ3) is 6.43. The van der Waals surface area contributed by atoms with Crippen LogP contribution in [0.4, 0.5) is 0 Å². The molecule has 3 saturated heterocycles. The lowest BCUT2D eigenvalue weighted by Crippen LogP contribution is -2.56. The van der Waals surface area contributed by atoms with Crippen LogP contribution in [0.15, 0.2) is 86.0 Å². The zero-order chi connectivity index (χ0) is 32.0. The summed E-state index contributed by atoms with van der Waals surface area (Å²) < 4.78 is 12.0. The van der Waals surface area contributed by atoms with Gasteiger partial charge in [-0.3, -0.25) is 19.2 Å². The smallest absolute Gasteiger partial charge is 0.306 e. The van der Waals surface area contributed by atoms with E-state index in [-0.39, 0.29) is 44.5 Å². The van der Waals surface area contributed by atoms with E-state index in [9.17, 15) is 24.3 Å². The normalized spacial score (nSPS) is 25.4. The minimum atomic E-state index is -1.20. The summed E-state index contributed by atoms with van der Waals surface area (Å²) in [5, 5.41) is 13.0. The van der Waals surface area contributed by atoms with E-state index in [0.29, 0.717) is 25.8 Å². The molecule has 3 aliphatic rings. The van der Waals surface area contributed by atoms with Gasteiger partial charge in [0, 0.05) is 26.1 Å². The molecule has 0 aromatic heterocycles. The molecular formula is C35H41N3O7. The average molecular weight is 616 g/mol. The third-order valence-corrected chi connectivity index (χ3v) is 9.04. The molecule has 0 aliphatic carbocycles. The molecule has 45 heavy (non-hydrogen) atoms. The lowest BCUT2D eigenvalue weighted by Gasteiger charge is -2.36. The highest BCUT2D eigenvalue weighted by Gasteiger charge is 2.74. The number of carbonyl (C=O) groups excluding carboxylic acids is 4. The van der Waals surface area contributed by atoms with E-state index in [2.05, 4.69) is 18.5 Å². The second-order valence-corrected chi connectivity index (χ2v) is 11.8. The topological polar surface area (TPSA) is 125 Å². The first-order valence-electron chi connectivity index (χ1n) is 15.5. The van der Waals surface area contributed by atoms with Crippen molar-refractivity contribution >= 4 is 23.7 Å². The molecule has 5 rings (SSSR count). The molecular weight excluding hydrogens is 574 g/mol. The highest BCUT2D eigenvalue weighted by atomic mass is 16.5. The number of nitrogens with one attached hydrogen (secondary N) is 1. The number of allylic oxidation sites excluding steroid dienone is 1. The molecule has 0 saturated carbocycles. The largest absolute Gasteiger partial charge is 0.463 e. The highest BCUT2D eigenvalue weighted by Crippen LogP contribution is 2.58. The molecule has 0 radical (unpaired) electrons. The Morgan fingerprint density at radius 1 is 1.11 bits per heavy atom. The van der Waals surface area contributed by atoms with Crippen LogP contribution in [-0.2, 0) is 35.2 Å². The van der Waals surface area contributed by atoms with Gasteiger partial charge in [-0.05, 0) is 30.4 Å². The molecule has 2 aromatic rings. The van der Waals surface area contributed by atoms with Gasteiger partial charge in [-0.1, -0.05) is 72.8 Å². The monoisotopic (exact) mass is 615 g/mol. The molecule has 2 bridgehead atoms. The van der Waals surface area contributed by atoms with E-state index in [1.165, 1.54) is 4.90 Å².